The molecule has 2 aromatic carbocycles. The molecule has 0 bridgehead atoms. The molecular weight excluding hydrogens is 443 g/mol. The van der Waals surface area contributed by atoms with Gasteiger partial charge in [0.15, 0.2) is 4.80 Å². The second-order valence-electron chi connectivity index (χ2n) is 6.65. The van der Waals surface area contributed by atoms with Crippen LogP contribution >= 0.6 is 34.5 Å². The van der Waals surface area contributed by atoms with Crippen molar-refractivity contribution in [1.29, 1.82) is 0 Å². The summed E-state index contributed by atoms with van der Waals surface area (Å²) in [7, 11) is 1.30. The lowest BCUT2D eigenvalue weighted by atomic mass is 9.96. The Balaban J connectivity index is 2.00. The lowest BCUT2D eigenvalue weighted by molar-refractivity contribution is -0.136. The summed E-state index contributed by atoms with van der Waals surface area (Å²) < 4.78 is 6.99. The van der Waals surface area contributed by atoms with Crippen LogP contribution in [0.3, 0.4) is 0 Å². The predicted molar refractivity (Wildman–Crippen MR) is 119 cm³/mol. The van der Waals surface area contributed by atoms with E-state index in [1.165, 1.54) is 23.0 Å². The molecule has 0 spiro atoms. The number of hydrogen-bond acceptors (Lipinski definition) is 5. The molecule has 4 rings (SSSR count). The maximum absolute atomic E-state index is 13.4. The molecule has 0 N–H and O–H groups in total. The van der Waals surface area contributed by atoms with Crippen LogP contribution in [-0.4, -0.2) is 17.6 Å². The number of allylic oxidation sites excluding steroid dienone is 1. The van der Waals surface area contributed by atoms with Gasteiger partial charge in [0.05, 0.1) is 22.9 Å². The highest BCUT2D eigenvalue weighted by atomic mass is 35.5. The molecular formula is C22H16Cl2N2O3S. The number of benzene rings is 2. The highest BCUT2D eigenvalue weighted by Crippen LogP contribution is 2.34. The van der Waals surface area contributed by atoms with Gasteiger partial charge in [-0.2, -0.15) is 0 Å². The first-order valence-corrected chi connectivity index (χ1v) is 10.6. The Labute approximate surface area is 186 Å². The highest BCUT2D eigenvalue weighted by molar-refractivity contribution is 7.07. The van der Waals surface area contributed by atoms with Crippen molar-refractivity contribution in [2.24, 2.45) is 4.99 Å². The summed E-state index contributed by atoms with van der Waals surface area (Å²) in [5.74, 6) is -0.548. The minimum atomic E-state index is -0.727. The fourth-order valence-electron chi connectivity index (χ4n) is 3.39. The fourth-order valence-corrected chi connectivity index (χ4v) is 4.81. The normalized spacial score (nSPS) is 16.3. The van der Waals surface area contributed by atoms with E-state index in [1.54, 1.807) is 43.3 Å². The maximum Gasteiger partial charge on any atom is 0.338 e. The first kappa shape index (κ1) is 20.6. The highest BCUT2D eigenvalue weighted by Gasteiger charge is 2.34. The Morgan fingerprint density at radius 3 is 2.53 bits per heavy atom. The molecule has 1 atom stereocenters. The minimum Gasteiger partial charge on any atom is -0.466 e. The van der Waals surface area contributed by atoms with Crippen molar-refractivity contribution in [3.63, 3.8) is 0 Å². The smallest absolute Gasteiger partial charge is 0.338 e. The second-order valence-corrected chi connectivity index (χ2v) is 8.50. The quantitative estimate of drug-likeness (QED) is 0.561. The van der Waals surface area contributed by atoms with Crippen molar-refractivity contribution in [3.8, 4) is 0 Å². The van der Waals surface area contributed by atoms with Gasteiger partial charge in [0, 0.05) is 10.0 Å². The van der Waals surface area contributed by atoms with Crippen LogP contribution in [0.15, 0.2) is 69.6 Å². The van der Waals surface area contributed by atoms with E-state index in [0.29, 0.717) is 30.6 Å². The summed E-state index contributed by atoms with van der Waals surface area (Å²) in [5.41, 5.74) is 1.99. The van der Waals surface area contributed by atoms with E-state index in [0.717, 1.165) is 5.56 Å². The van der Waals surface area contributed by atoms with Crippen LogP contribution < -0.4 is 14.9 Å². The SMILES string of the molecule is COC(=O)C1=C(C)N=c2s/c(=C/c3ccc(Cl)cc3)c(=O)n2[C@H]1c1ccccc1Cl. The molecule has 1 aliphatic rings. The lowest BCUT2D eigenvalue weighted by Crippen LogP contribution is -2.39. The van der Waals surface area contributed by atoms with Gasteiger partial charge in [-0.15, -0.1) is 0 Å². The molecule has 3 aromatic rings. The van der Waals surface area contributed by atoms with Crippen LogP contribution in [0, 0.1) is 0 Å². The minimum absolute atomic E-state index is 0.257. The first-order chi connectivity index (χ1) is 14.4. The Hall–Kier alpha value is -2.67. The molecule has 5 nitrogen and oxygen atoms in total. The molecule has 0 saturated heterocycles. The number of ether oxygens (including phenoxy) is 1. The van der Waals surface area contributed by atoms with E-state index >= 15 is 0 Å². The van der Waals surface area contributed by atoms with Gasteiger partial charge in [0.25, 0.3) is 5.56 Å². The fraction of sp³-hybridized carbons (Fsp3) is 0.136. The molecule has 8 heteroatoms. The van der Waals surface area contributed by atoms with Gasteiger partial charge < -0.3 is 4.74 Å². The van der Waals surface area contributed by atoms with E-state index in [4.69, 9.17) is 27.9 Å². The van der Waals surface area contributed by atoms with Crippen LogP contribution in [0.4, 0.5) is 0 Å². The number of fused-ring (bicyclic) bond motifs is 1. The Kier molecular flexibility index (Phi) is 5.64. The third kappa shape index (κ3) is 3.62. The van der Waals surface area contributed by atoms with Gasteiger partial charge in [-0.3, -0.25) is 9.36 Å². The largest absolute Gasteiger partial charge is 0.466 e. The number of carbonyl (C=O) groups excluding carboxylic acids is 1. The lowest BCUT2D eigenvalue weighted by Gasteiger charge is -2.25. The number of carbonyl (C=O) groups is 1. The van der Waals surface area contributed by atoms with Gasteiger partial charge in [-0.1, -0.05) is 64.9 Å². The summed E-state index contributed by atoms with van der Waals surface area (Å²) in [6.07, 6.45) is 1.78. The van der Waals surface area contributed by atoms with Crippen molar-refractivity contribution < 1.29 is 9.53 Å². The average Bonchev–Trinajstić information content (AvgIpc) is 3.03. The van der Waals surface area contributed by atoms with Crippen molar-refractivity contribution >= 4 is 46.6 Å². The molecule has 1 aliphatic heterocycles. The van der Waals surface area contributed by atoms with Crippen LogP contribution in [0.2, 0.25) is 10.0 Å². The van der Waals surface area contributed by atoms with E-state index < -0.39 is 12.0 Å². The number of aromatic nitrogens is 1. The standard InChI is InChI=1S/C22H16Cl2N2O3S/c1-12-18(21(28)29-2)19(15-5-3-4-6-16(15)24)26-20(27)17(30-22(26)25-12)11-13-7-9-14(23)10-8-13/h3-11,19H,1-2H3/b17-11+/t19-/m0/s1. The Morgan fingerprint density at radius 1 is 1.17 bits per heavy atom. The van der Waals surface area contributed by atoms with Crippen LogP contribution in [0.1, 0.15) is 24.1 Å². The number of thiazole rings is 1. The van der Waals surface area contributed by atoms with E-state index in [2.05, 4.69) is 4.99 Å². The van der Waals surface area contributed by atoms with Gasteiger partial charge in [-0.05, 0) is 42.3 Å². The van der Waals surface area contributed by atoms with Crippen LogP contribution in [0.25, 0.3) is 6.08 Å². The van der Waals surface area contributed by atoms with E-state index in [9.17, 15) is 9.59 Å². The van der Waals surface area contributed by atoms with E-state index in [-0.39, 0.29) is 11.1 Å². The number of methoxy groups -OCH3 is 1. The van der Waals surface area contributed by atoms with E-state index in [1.807, 2.05) is 18.2 Å². The number of hydrogen-bond donors (Lipinski definition) is 0. The summed E-state index contributed by atoms with van der Waals surface area (Å²) in [6.45, 7) is 1.73. The molecule has 0 aliphatic carbocycles. The molecule has 152 valence electrons. The summed E-state index contributed by atoms with van der Waals surface area (Å²) >= 11 is 13.7. The molecule has 0 radical (unpaired) electrons. The maximum atomic E-state index is 13.4. The molecule has 0 amide bonds. The predicted octanol–water partition coefficient (Wildman–Crippen LogP) is 3.72. The van der Waals surface area contributed by atoms with Gasteiger partial charge in [0.1, 0.15) is 6.04 Å². The summed E-state index contributed by atoms with van der Waals surface area (Å²) in [6, 6.07) is 13.6. The van der Waals surface area contributed by atoms with Crippen molar-refractivity contribution in [3.05, 3.63) is 101 Å². The van der Waals surface area contributed by atoms with Gasteiger partial charge >= 0.3 is 5.97 Å². The number of halogens is 2. The number of esters is 1. The Bertz CT molecular complexity index is 1350. The monoisotopic (exact) mass is 458 g/mol. The molecule has 1 aromatic heterocycles. The summed E-state index contributed by atoms with van der Waals surface area (Å²) in [5, 5.41) is 1.07. The average molecular weight is 459 g/mol. The zero-order valence-electron chi connectivity index (χ0n) is 16.1. The first-order valence-electron chi connectivity index (χ1n) is 9.01. The second kappa shape index (κ2) is 8.22. The van der Waals surface area contributed by atoms with Gasteiger partial charge in [-0.25, -0.2) is 9.79 Å². The molecule has 2 heterocycles. The number of rotatable bonds is 3. The molecule has 0 unspecified atom stereocenters. The van der Waals surface area contributed by atoms with Gasteiger partial charge in [0.2, 0.25) is 0 Å². The zero-order chi connectivity index (χ0) is 21.4. The van der Waals surface area contributed by atoms with Crippen molar-refractivity contribution in [2.45, 2.75) is 13.0 Å². The molecule has 30 heavy (non-hydrogen) atoms. The van der Waals surface area contributed by atoms with Crippen molar-refractivity contribution in [2.75, 3.05) is 7.11 Å². The zero-order valence-corrected chi connectivity index (χ0v) is 18.4. The summed E-state index contributed by atoms with van der Waals surface area (Å²) in [4.78, 5) is 31.0. The topological polar surface area (TPSA) is 60.7 Å². The van der Waals surface area contributed by atoms with Crippen LogP contribution in [-0.2, 0) is 9.53 Å². The molecule has 0 saturated carbocycles. The van der Waals surface area contributed by atoms with Crippen LogP contribution in [0.5, 0.6) is 0 Å². The third-order valence-electron chi connectivity index (χ3n) is 4.79. The number of nitrogens with zero attached hydrogens (tertiary/aromatic N) is 2. The third-order valence-corrected chi connectivity index (χ3v) is 6.37. The van der Waals surface area contributed by atoms with Crippen molar-refractivity contribution in [1.82, 2.24) is 4.57 Å². The Morgan fingerprint density at radius 2 is 1.87 bits per heavy atom. The molecule has 0 fully saturated rings.